The molecule has 0 saturated carbocycles. The van der Waals surface area contributed by atoms with Crippen LogP contribution in [0.4, 0.5) is 4.39 Å². The van der Waals surface area contributed by atoms with Crippen LogP contribution in [0.25, 0.3) is 0 Å². The Morgan fingerprint density at radius 3 is 2.40 bits per heavy atom. The standard InChI is InChI=1S/C9H12O2.C2H6.CH3F/c1-8(10)11-7-9-5-3-2-4-6-9;2*1-2/h3,5-6H,2,4,7H2,1H3;1-2H3;1H3. The minimum atomic E-state index is -0.218. The molecule has 0 spiro atoms. The summed E-state index contributed by atoms with van der Waals surface area (Å²) in [5, 5.41) is 0. The van der Waals surface area contributed by atoms with E-state index >= 15 is 0 Å². The van der Waals surface area contributed by atoms with E-state index in [1.165, 1.54) is 6.92 Å². The zero-order valence-corrected chi connectivity index (χ0v) is 10.0. The third kappa shape index (κ3) is 10.8. The van der Waals surface area contributed by atoms with Gasteiger partial charge in [0.25, 0.3) is 0 Å². The van der Waals surface area contributed by atoms with Crippen LogP contribution in [0.5, 0.6) is 0 Å². The highest BCUT2D eigenvalue weighted by molar-refractivity contribution is 5.66. The van der Waals surface area contributed by atoms with Crippen molar-refractivity contribution in [3.8, 4) is 0 Å². The monoisotopic (exact) mass is 216 g/mol. The molecule has 1 aliphatic rings. The van der Waals surface area contributed by atoms with E-state index in [1.54, 1.807) is 0 Å². The summed E-state index contributed by atoms with van der Waals surface area (Å²) in [4.78, 5) is 10.4. The van der Waals surface area contributed by atoms with E-state index in [1.807, 2.05) is 19.9 Å². The Hall–Kier alpha value is -1.12. The number of carbonyl (C=O) groups excluding carboxylic acids is 1. The summed E-state index contributed by atoms with van der Waals surface area (Å²) in [6.45, 7) is 5.85. The number of alkyl halides is 1. The number of allylic oxidation sites excluding steroid dienone is 2. The first kappa shape index (κ1) is 16.3. The molecule has 0 amide bonds. The summed E-state index contributed by atoms with van der Waals surface area (Å²) in [6, 6.07) is 0. The number of ether oxygens (including phenoxy) is 1. The van der Waals surface area contributed by atoms with E-state index in [0.29, 0.717) is 13.8 Å². The lowest BCUT2D eigenvalue weighted by atomic mass is 10.1. The highest BCUT2D eigenvalue weighted by Gasteiger charge is 1.98. The van der Waals surface area contributed by atoms with Crippen LogP contribution in [0.3, 0.4) is 0 Å². The first-order valence-electron chi connectivity index (χ1n) is 5.16. The largest absolute Gasteiger partial charge is 0.461 e. The molecule has 0 fully saturated rings. The average Bonchev–Trinajstić information content (AvgIpc) is 2.33. The van der Waals surface area contributed by atoms with Gasteiger partial charge >= 0.3 is 5.97 Å². The van der Waals surface area contributed by atoms with Gasteiger partial charge in [0.05, 0.1) is 7.18 Å². The molecule has 0 aliphatic heterocycles. The molecule has 0 aromatic heterocycles. The average molecular weight is 216 g/mol. The second-order valence-corrected chi connectivity index (χ2v) is 2.54. The maximum absolute atomic E-state index is 10.4. The summed E-state index contributed by atoms with van der Waals surface area (Å²) < 4.78 is 14.3. The van der Waals surface area contributed by atoms with Crippen molar-refractivity contribution >= 4 is 5.97 Å². The maximum atomic E-state index is 10.4. The lowest BCUT2D eigenvalue weighted by Crippen LogP contribution is -2.02. The molecule has 0 bridgehead atoms. The Morgan fingerprint density at radius 1 is 1.40 bits per heavy atom. The molecule has 0 unspecified atom stereocenters. The van der Waals surface area contributed by atoms with Crippen LogP contribution in [0.1, 0.15) is 33.6 Å². The Kier molecular flexibility index (Phi) is 14.0. The molecule has 1 aliphatic carbocycles. The number of hydrogen-bond donors (Lipinski definition) is 0. The van der Waals surface area contributed by atoms with Crippen LogP contribution in [0.2, 0.25) is 0 Å². The van der Waals surface area contributed by atoms with Crippen molar-refractivity contribution in [1.82, 2.24) is 0 Å². The Morgan fingerprint density at radius 2 is 2.00 bits per heavy atom. The van der Waals surface area contributed by atoms with Crippen LogP contribution in [-0.4, -0.2) is 19.8 Å². The summed E-state index contributed by atoms with van der Waals surface area (Å²) in [6.07, 6.45) is 8.37. The summed E-state index contributed by atoms with van der Waals surface area (Å²) in [5.41, 5.74) is 1.10. The van der Waals surface area contributed by atoms with Crippen LogP contribution in [-0.2, 0) is 9.53 Å². The number of hydrogen-bond acceptors (Lipinski definition) is 2. The van der Waals surface area contributed by atoms with E-state index in [-0.39, 0.29) is 5.97 Å². The molecule has 3 heteroatoms. The van der Waals surface area contributed by atoms with E-state index in [2.05, 4.69) is 12.2 Å². The fraction of sp³-hybridized carbons (Fsp3) is 0.583. The first-order valence-corrected chi connectivity index (χ1v) is 5.16. The van der Waals surface area contributed by atoms with Gasteiger partial charge in [-0.15, -0.1) is 0 Å². The predicted molar refractivity (Wildman–Crippen MR) is 61.5 cm³/mol. The minimum Gasteiger partial charge on any atom is -0.461 e. The van der Waals surface area contributed by atoms with Crippen LogP contribution < -0.4 is 0 Å². The van der Waals surface area contributed by atoms with Gasteiger partial charge in [0.15, 0.2) is 0 Å². The smallest absolute Gasteiger partial charge is 0.302 e. The van der Waals surface area contributed by atoms with E-state index < -0.39 is 0 Å². The van der Waals surface area contributed by atoms with Crippen molar-refractivity contribution in [2.75, 3.05) is 13.8 Å². The molecule has 0 atom stereocenters. The third-order valence-corrected chi connectivity index (χ3v) is 1.51. The van der Waals surface area contributed by atoms with Crippen molar-refractivity contribution in [2.45, 2.75) is 33.6 Å². The summed E-state index contributed by atoms with van der Waals surface area (Å²) in [5.74, 6) is -0.218. The molecule has 0 radical (unpaired) electrons. The van der Waals surface area contributed by atoms with Crippen molar-refractivity contribution in [3.05, 3.63) is 23.8 Å². The second kappa shape index (κ2) is 12.9. The van der Waals surface area contributed by atoms with Crippen molar-refractivity contribution < 1.29 is 13.9 Å². The van der Waals surface area contributed by atoms with Gasteiger partial charge in [0.1, 0.15) is 6.61 Å². The summed E-state index contributed by atoms with van der Waals surface area (Å²) in [7, 11) is 0.500. The van der Waals surface area contributed by atoms with Crippen LogP contribution in [0.15, 0.2) is 23.8 Å². The fourth-order valence-electron chi connectivity index (χ4n) is 0.960. The molecular formula is C12H21FO2. The van der Waals surface area contributed by atoms with Gasteiger partial charge in [-0.2, -0.15) is 0 Å². The SMILES string of the molecule is CC.CC(=O)OCC1=CCCC=C1.CF. The molecule has 0 heterocycles. The number of carbonyl (C=O) groups is 1. The molecular weight excluding hydrogens is 195 g/mol. The number of esters is 1. The van der Waals surface area contributed by atoms with Crippen LogP contribution >= 0.6 is 0 Å². The van der Waals surface area contributed by atoms with Crippen molar-refractivity contribution in [1.29, 1.82) is 0 Å². The Balaban J connectivity index is 0. The Bertz CT molecular complexity index is 208. The lowest BCUT2D eigenvalue weighted by molar-refractivity contribution is -0.139. The van der Waals surface area contributed by atoms with Gasteiger partial charge < -0.3 is 4.74 Å². The van der Waals surface area contributed by atoms with E-state index in [4.69, 9.17) is 4.74 Å². The van der Waals surface area contributed by atoms with Gasteiger partial charge in [-0.25, -0.2) is 0 Å². The fourth-order valence-corrected chi connectivity index (χ4v) is 0.960. The van der Waals surface area contributed by atoms with Gasteiger partial charge in [0, 0.05) is 6.92 Å². The minimum absolute atomic E-state index is 0.218. The zero-order chi connectivity index (χ0) is 12.1. The van der Waals surface area contributed by atoms with Crippen molar-refractivity contribution in [2.24, 2.45) is 0 Å². The molecule has 88 valence electrons. The quantitative estimate of drug-likeness (QED) is 0.661. The topological polar surface area (TPSA) is 26.3 Å². The molecule has 0 aromatic carbocycles. The van der Waals surface area contributed by atoms with Crippen LogP contribution in [0, 0.1) is 0 Å². The predicted octanol–water partition coefficient (Wildman–Crippen LogP) is 3.44. The maximum Gasteiger partial charge on any atom is 0.302 e. The third-order valence-electron chi connectivity index (χ3n) is 1.51. The number of rotatable bonds is 2. The zero-order valence-electron chi connectivity index (χ0n) is 10.0. The molecule has 1 rings (SSSR count). The Labute approximate surface area is 91.8 Å². The second-order valence-electron chi connectivity index (χ2n) is 2.54. The van der Waals surface area contributed by atoms with Gasteiger partial charge in [-0.05, 0) is 18.4 Å². The highest BCUT2D eigenvalue weighted by Crippen LogP contribution is 2.09. The van der Waals surface area contributed by atoms with Crippen molar-refractivity contribution in [3.63, 3.8) is 0 Å². The highest BCUT2D eigenvalue weighted by atomic mass is 19.1. The van der Waals surface area contributed by atoms with Gasteiger partial charge in [-0.3, -0.25) is 9.18 Å². The first-order chi connectivity index (χ1) is 7.29. The summed E-state index contributed by atoms with van der Waals surface area (Å²) >= 11 is 0. The van der Waals surface area contributed by atoms with E-state index in [9.17, 15) is 9.18 Å². The lowest BCUT2D eigenvalue weighted by Gasteiger charge is -2.05. The molecule has 15 heavy (non-hydrogen) atoms. The molecule has 0 aromatic rings. The molecule has 0 N–H and O–H groups in total. The molecule has 2 nitrogen and oxygen atoms in total. The normalized spacial score (nSPS) is 12.5. The van der Waals surface area contributed by atoms with Gasteiger partial charge in [-0.1, -0.05) is 32.1 Å². The van der Waals surface area contributed by atoms with E-state index in [0.717, 1.165) is 18.4 Å². The van der Waals surface area contributed by atoms with Gasteiger partial charge in [0.2, 0.25) is 0 Å². The number of halogens is 1. The molecule has 0 saturated heterocycles.